The van der Waals surface area contributed by atoms with Crippen LogP contribution >= 0.6 is 0 Å². The van der Waals surface area contributed by atoms with Crippen molar-refractivity contribution in [3.63, 3.8) is 0 Å². The third-order valence-electron chi connectivity index (χ3n) is 2.06. The lowest BCUT2D eigenvalue weighted by Crippen LogP contribution is -2.58. The second-order valence-electron chi connectivity index (χ2n) is 2.86. The van der Waals surface area contributed by atoms with Crippen molar-refractivity contribution in [1.29, 1.82) is 0 Å². The first-order valence-corrected chi connectivity index (χ1v) is 3.76. The van der Waals surface area contributed by atoms with Gasteiger partial charge in [0.15, 0.2) is 0 Å². The Morgan fingerprint density at radius 1 is 1.60 bits per heavy atom. The van der Waals surface area contributed by atoms with Gasteiger partial charge >= 0.3 is 0 Å². The zero-order chi connectivity index (χ0) is 7.56. The highest BCUT2D eigenvalue weighted by Gasteiger charge is 2.25. The highest BCUT2D eigenvalue weighted by atomic mass is 15.7. The molecule has 1 atom stereocenters. The number of hydrogen-bond donors (Lipinski definition) is 3. The summed E-state index contributed by atoms with van der Waals surface area (Å²) >= 11 is 0. The van der Waals surface area contributed by atoms with Crippen LogP contribution < -0.4 is 17.1 Å². The predicted molar refractivity (Wildman–Crippen MR) is 40.5 cm³/mol. The first kappa shape index (κ1) is 7.94. The lowest BCUT2D eigenvalue weighted by molar-refractivity contribution is 0.0354. The predicted octanol–water partition coefficient (Wildman–Crippen LogP) is -0.476. The van der Waals surface area contributed by atoms with Gasteiger partial charge in [0.2, 0.25) is 0 Å². The van der Waals surface area contributed by atoms with E-state index in [0.29, 0.717) is 6.04 Å². The van der Waals surface area contributed by atoms with Crippen LogP contribution in [0.1, 0.15) is 26.2 Å². The lowest BCUT2D eigenvalue weighted by atomic mass is 9.92. The molecule has 1 fully saturated rings. The second kappa shape index (κ2) is 3.30. The summed E-state index contributed by atoms with van der Waals surface area (Å²) < 4.78 is 0. The molecule has 1 rings (SSSR count). The molecule has 0 aromatic heterocycles. The fourth-order valence-corrected chi connectivity index (χ4v) is 1.22. The summed E-state index contributed by atoms with van der Waals surface area (Å²) in [5.74, 6) is 5.28. The number of rotatable bonds is 3. The van der Waals surface area contributed by atoms with Crippen LogP contribution in [0.4, 0.5) is 0 Å². The van der Waals surface area contributed by atoms with Crippen LogP contribution in [0.25, 0.3) is 0 Å². The van der Waals surface area contributed by atoms with E-state index in [1.807, 2.05) is 11.9 Å². The molecule has 60 valence electrons. The van der Waals surface area contributed by atoms with Crippen molar-refractivity contribution < 1.29 is 0 Å². The number of nitrogens with one attached hydrogen (secondary N) is 1. The minimum Gasteiger partial charge on any atom is -0.315 e. The van der Waals surface area contributed by atoms with E-state index in [9.17, 15) is 0 Å². The van der Waals surface area contributed by atoms with E-state index in [2.05, 4.69) is 5.53 Å². The first-order chi connectivity index (χ1) is 4.75. The molecule has 10 heavy (non-hydrogen) atoms. The second-order valence-corrected chi connectivity index (χ2v) is 2.86. The monoisotopic (exact) mass is 144 g/mol. The zero-order valence-corrected chi connectivity index (χ0v) is 6.38. The van der Waals surface area contributed by atoms with Gasteiger partial charge in [0.05, 0.1) is 6.17 Å². The van der Waals surface area contributed by atoms with E-state index >= 15 is 0 Å². The van der Waals surface area contributed by atoms with Gasteiger partial charge in [0.1, 0.15) is 0 Å². The number of nitrogens with two attached hydrogens (primary N) is 2. The highest BCUT2D eigenvalue weighted by molar-refractivity contribution is 4.78. The maximum atomic E-state index is 5.64. The van der Waals surface area contributed by atoms with Crippen molar-refractivity contribution in [2.24, 2.45) is 11.6 Å². The average molecular weight is 144 g/mol. The van der Waals surface area contributed by atoms with Gasteiger partial charge in [0, 0.05) is 6.04 Å². The van der Waals surface area contributed by atoms with Gasteiger partial charge in [-0.05, 0) is 19.8 Å². The van der Waals surface area contributed by atoms with Crippen molar-refractivity contribution in [3.8, 4) is 0 Å². The fourth-order valence-electron chi connectivity index (χ4n) is 1.22. The SMILES string of the molecule is CC(N)N(NN)C1CCC1. The Morgan fingerprint density at radius 3 is 2.30 bits per heavy atom. The van der Waals surface area contributed by atoms with E-state index in [1.54, 1.807) is 0 Å². The van der Waals surface area contributed by atoms with Crippen molar-refractivity contribution in [2.75, 3.05) is 0 Å². The third kappa shape index (κ3) is 1.46. The molecular formula is C6H16N4. The number of hydrogen-bond acceptors (Lipinski definition) is 4. The fraction of sp³-hybridized carbons (Fsp3) is 1.00. The first-order valence-electron chi connectivity index (χ1n) is 3.76. The van der Waals surface area contributed by atoms with Crippen LogP contribution in [-0.4, -0.2) is 17.2 Å². The summed E-state index contributed by atoms with van der Waals surface area (Å²) in [6, 6.07) is 0.560. The number of nitrogens with zero attached hydrogens (tertiary/aromatic N) is 1. The molecule has 0 amide bonds. The van der Waals surface area contributed by atoms with Crippen molar-refractivity contribution in [1.82, 2.24) is 10.5 Å². The maximum Gasteiger partial charge on any atom is 0.0695 e. The Bertz CT molecular complexity index is 99.9. The number of hydrazine groups is 2. The standard InChI is InChI=1S/C6H16N4/c1-5(7)10(9-8)6-3-2-4-6/h5-6,9H,2-4,7-8H2,1H3. The highest BCUT2D eigenvalue weighted by Crippen LogP contribution is 2.23. The summed E-state index contributed by atoms with van der Waals surface area (Å²) in [4.78, 5) is 0. The van der Waals surface area contributed by atoms with Crippen LogP contribution in [0, 0.1) is 0 Å². The molecule has 4 heteroatoms. The average Bonchev–Trinajstić information content (AvgIpc) is 1.76. The molecule has 4 nitrogen and oxygen atoms in total. The molecule has 0 aromatic carbocycles. The molecule has 1 unspecified atom stereocenters. The summed E-state index contributed by atoms with van der Waals surface area (Å²) in [5, 5.41) is 1.91. The summed E-state index contributed by atoms with van der Waals surface area (Å²) in [6.45, 7) is 1.93. The normalized spacial score (nSPS) is 22.8. The van der Waals surface area contributed by atoms with Gasteiger partial charge in [-0.25, -0.2) is 5.01 Å². The Balaban J connectivity index is 2.31. The molecule has 0 bridgehead atoms. The van der Waals surface area contributed by atoms with E-state index < -0.39 is 0 Å². The smallest absolute Gasteiger partial charge is 0.0695 e. The topological polar surface area (TPSA) is 67.3 Å². The minimum atomic E-state index is 0.00954. The van der Waals surface area contributed by atoms with E-state index in [-0.39, 0.29) is 6.17 Å². The molecule has 0 radical (unpaired) electrons. The van der Waals surface area contributed by atoms with Crippen LogP contribution in [0.5, 0.6) is 0 Å². The van der Waals surface area contributed by atoms with Crippen LogP contribution in [-0.2, 0) is 0 Å². The molecule has 0 aliphatic heterocycles. The molecule has 1 aliphatic rings. The van der Waals surface area contributed by atoms with Crippen LogP contribution in [0.3, 0.4) is 0 Å². The van der Waals surface area contributed by atoms with Crippen molar-refractivity contribution in [3.05, 3.63) is 0 Å². The van der Waals surface area contributed by atoms with Gasteiger partial charge in [-0.1, -0.05) is 6.42 Å². The summed E-state index contributed by atoms with van der Waals surface area (Å²) in [5.41, 5.74) is 8.25. The molecular weight excluding hydrogens is 128 g/mol. The molecule has 0 saturated heterocycles. The molecule has 0 heterocycles. The van der Waals surface area contributed by atoms with Gasteiger partial charge < -0.3 is 5.73 Å². The molecule has 1 saturated carbocycles. The molecule has 0 aromatic rings. The third-order valence-corrected chi connectivity index (χ3v) is 2.06. The Hall–Kier alpha value is -0.160. The molecule has 1 aliphatic carbocycles. The van der Waals surface area contributed by atoms with E-state index in [1.165, 1.54) is 19.3 Å². The van der Waals surface area contributed by atoms with E-state index in [0.717, 1.165) is 0 Å². The van der Waals surface area contributed by atoms with Crippen molar-refractivity contribution in [2.45, 2.75) is 38.4 Å². The summed E-state index contributed by atoms with van der Waals surface area (Å²) in [6.07, 6.45) is 3.74. The zero-order valence-electron chi connectivity index (χ0n) is 6.38. The molecule has 0 spiro atoms. The van der Waals surface area contributed by atoms with Gasteiger partial charge in [-0.2, -0.15) is 5.53 Å². The Morgan fingerprint density at radius 2 is 2.20 bits per heavy atom. The molecule has 5 N–H and O–H groups in total. The maximum absolute atomic E-state index is 5.64. The lowest BCUT2D eigenvalue weighted by Gasteiger charge is -2.38. The minimum absolute atomic E-state index is 0.00954. The quantitative estimate of drug-likeness (QED) is 0.284. The van der Waals surface area contributed by atoms with Gasteiger partial charge in [0.25, 0.3) is 0 Å². The van der Waals surface area contributed by atoms with Crippen LogP contribution in [0.15, 0.2) is 0 Å². The summed E-state index contributed by atoms with van der Waals surface area (Å²) in [7, 11) is 0. The van der Waals surface area contributed by atoms with Gasteiger partial charge in [-0.3, -0.25) is 5.84 Å². The largest absolute Gasteiger partial charge is 0.315 e. The Labute approximate surface area is 61.5 Å². The van der Waals surface area contributed by atoms with Gasteiger partial charge in [-0.15, -0.1) is 0 Å². The van der Waals surface area contributed by atoms with Crippen molar-refractivity contribution >= 4 is 0 Å². The van der Waals surface area contributed by atoms with Crippen LogP contribution in [0.2, 0.25) is 0 Å². The Kier molecular flexibility index (Phi) is 2.62. The van der Waals surface area contributed by atoms with E-state index in [4.69, 9.17) is 11.6 Å².